The zero-order chi connectivity index (χ0) is 30.2. The standard InChI is InChI=1S/C34H34N2O8/c1-39-23-7-3-21(4-8-23)33(25-15-29-31(17-27(25)37)43-19-41-29)35-11-13-36(14-12-35)34(22-5-9-24(40-2)10-6-22)26-16-30-32(18-28(26)38)44-20-42-30/h3-10,15-18,33-34,37-38H,11-14,19-20H2,1-2H3/t33-,34-/m0/s1. The lowest BCUT2D eigenvalue weighted by Gasteiger charge is -2.43. The molecule has 0 aromatic heterocycles. The van der Waals surface area contributed by atoms with E-state index in [9.17, 15) is 10.2 Å². The number of piperazine rings is 1. The van der Waals surface area contributed by atoms with Crippen LogP contribution in [0.5, 0.6) is 46.0 Å². The lowest BCUT2D eigenvalue weighted by atomic mass is 9.93. The van der Waals surface area contributed by atoms with Crippen LogP contribution < -0.4 is 28.4 Å². The van der Waals surface area contributed by atoms with E-state index in [1.807, 2.05) is 60.7 Å². The third-order valence-corrected chi connectivity index (χ3v) is 8.58. The number of nitrogens with zero attached hydrogens (tertiary/aromatic N) is 2. The van der Waals surface area contributed by atoms with Crippen LogP contribution in [0.4, 0.5) is 0 Å². The number of benzene rings is 4. The first kappa shape index (κ1) is 28.0. The molecule has 0 bridgehead atoms. The minimum atomic E-state index is -0.240. The van der Waals surface area contributed by atoms with E-state index in [1.165, 1.54) is 0 Å². The molecule has 10 heteroatoms. The molecule has 3 heterocycles. The van der Waals surface area contributed by atoms with E-state index in [1.54, 1.807) is 26.4 Å². The van der Waals surface area contributed by atoms with E-state index in [4.69, 9.17) is 28.4 Å². The van der Waals surface area contributed by atoms with Gasteiger partial charge in [-0.3, -0.25) is 9.80 Å². The maximum atomic E-state index is 11.2. The average Bonchev–Trinajstić information content (AvgIpc) is 3.71. The number of methoxy groups -OCH3 is 2. The predicted molar refractivity (Wildman–Crippen MR) is 161 cm³/mol. The van der Waals surface area contributed by atoms with Crippen molar-refractivity contribution < 1.29 is 38.6 Å². The summed E-state index contributed by atoms with van der Waals surface area (Å²) in [6.45, 7) is 3.04. The van der Waals surface area contributed by atoms with E-state index in [0.29, 0.717) is 49.2 Å². The fourth-order valence-corrected chi connectivity index (χ4v) is 6.33. The van der Waals surface area contributed by atoms with Crippen molar-refractivity contribution in [2.75, 3.05) is 54.0 Å². The molecule has 0 aliphatic carbocycles. The van der Waals surface area contributed by atoms with E-state index in [0.717, 1.165) is 33.8 Å². The van der Waals surface area contributed by atoms with Gasteiger partial charge in [-0.05, 0) is 47.5 Å². The Labute approximate surface area is 255 Å². The highest BCUT2D eigenvalue weighted by Crippen LogP contribution is 2.46. The topological polar surface area (TPSA) is 102 Å². The van der Waals surface area contributed by atoms with Gasteiger partial charge in [0.25, 0.3) is 0 Å². The average molecular weight is 599 g/mol. The third-order valence-electron chi connectivity index (χ3n) is 8.58. The molecule has 4 aromatic rings. The molecule has 2 N–H and O–H groups in total. The van der Waals surface area contributed by atoms with Crippen molar-refractivity contribution in [1.29, 1.82) is 0 Å². The molecule has 2 atom stereocenters. The summed E-state index contributed by atoms with van der Waals surface area (Å²) >= 11 is 0. The second-order valence-corrected chi connectivity index (χ2v) is 11.0. The molecule has 7 rings (SSSR count). The zero-order valence-electron chi connectivity index (χ0n) is 24.6. The fourth-order valence-electron chi connectivity index (χ4n) is 6.33. The summed E-state index contributed by atoms with van der Waals surface area (Å²) < 4.78 is 33.2. The SMILES string of the molecule is COc1ccc([C@@H](c2cc3c(cc2O)OCO3)N2CCN([C@@H](c3ccc(OC)cc3)c3cc4c(cc3O)OCO4)CC2)cc1. The smallest absolute Gasteiger partial charge is 0.231 e. The van der Waals surface area contributed by atoms with Crippen molar-refractivity contribution >= 4 is 0 Å². The second kappa shape index (κ2) is 11.7. The number of fused-ring (bicyclic) bond motifs is 2. The van der Waals surface area contributed by atoms with Crippen LogP contribution in [0.3, 0.4) is 0 Å². The molecule has 3 aliphatic heterocycles. The lowest BCUT2D eigenvalue weighted by Crippen LogP contribution is -2.49. The fraction of sp³-hybridized carbons (Fsp3) is 0.294. The quantitative estimate of drug-likeness (QED) is 0.286. The van der Waals surface area contributed by atoms with E-state index < -0.39 is 0 Å². The molecule has 0 saturated carbocycles. The van der Waals surface area contributed by atoms with Crippen molar-refractivity contribution in [1.82, 2.24) is 9.80 Å². The molecule has 1 fully saturated rings. The number of rotatable bonds is 8. The normalized spacial score (nSPS) is 17.3. The lowest BCUT2D eigenvalue weighted by molar-refractivity contribution is 0.0882. The second-order valence-electron chi connectivity index (χ2n) is 11.0. The molecule has 0 spiro atoms. The first-order valence-electron chi connectivity index (χ1n) is 14.5. The highest BCUT2D eigenvalue weighted by atomic mass is 16.7. The van der Waals surface area contributed by atoms with Gasteiger partial charge in [0.2, 0.25) is 13.6 Å². The first-order valence-corrected chi connectivity index (χ1v) is 14.5. The van der Waals surface area contributed by atoms with Crippen LogP contribution in [-0.4, -0.2) is 74.0 Å². The monoisotopic (exact) mass is 598 g/mol. The molecule has 0 radical (unpaired) electrons. The van der Waals surface area contributed by atoms with Crippen LogP contribution in [0.15, 0.2) is 72.8 Å². The van der Waals surface area contributed by atoms with Crippen molar-refractivity contribution in [3.63, 3.8) is 0 Å². The highest BCUT2D eigenvalue weighted by molar-refractivity contribution is 5.55. The summed E-state index contributed by atoms with van der Waals surface area (Å²) in [5.74, 6) is 4.14. The van der Waals surface area contributed by atoms with Gasteiger partial charge in [-0.2, -0.15) is 0 Å². The summed E-state index contributed by atoms with van der Waals surface area (Å²) in [5, 5.41) is 22.3. The van der Waals surface area contributed by atoms with Crippen LogP contribution in [0, 0.1) is 0 Å². The third kappa shape index (κ3) is 5.16. The Balaban J connectivity index is 1.22. The number of phenols is 2. The summed E-state index contributed by atoms with van der Waals surface area (Å²) in [6, 6.07) is 22.4. The maximum absolute atomic E-state index is 11.2. The van der Waals surface area contributed by atoms with Gasteiger partial charge in [0.1, 0.15) is 23.0 Å². The van der Waals surface area contributed by atoms with Gasteiger partial charge in [-0.1, -0.05) is 24.3 Å². The molecular weight excluding hydrogens is 564 g/mol. The van der Waals surface area contributed by atoms with Gasteiger partial charge in [0.05, 0.1) is 26.3 Å². The summed E-state index contributed by atoms with van der Waals surface area (Å²) in [7, 11) is 3.29. The van der Waals surface area contributed by atoms with Crippen molar-refractivity contribution in [2.24, 2.45) is 0 Å². The Bertz CT molecular complexity index is 1510. The molecule has 1 saturated heterocycles. The Morgan fingerprint density at radius 2 is 0.886 bits per heavy atom. The van der Waals surface area contributed by atoms with Crippen LogP contribution in [-0.2, 0) is 0 Å². The van der Waals surface area contributed by atoms with Crippen molar-refractivity contribution in [3.8, 4) is 46.0 Å². The van der Waals surface area contributed by atoms with Gasteiger partial charge in [0, 0.05) is 49.4 Å². The molecular formula is C34H34N2O8. The van der Waals surface area contributed by atoms with Crippen LogP contribution in [0.25, 0.3) is 0 Å². The van der Waals surface area contributed by atoms with Gasteiger partial charge in [-0.25, -0.2) is 0 Å². The van der Waals surface area contributed by atoms with Gasteiger partial charge >= 0.3 is 0 Å². The summed E-state index contributed by atoms with van der Waals surface area (Å²) in [5.41, 5.74) is 3.53. The molecule has 3 aliphatic rings. The van der Waals surface area contributed by atoms with E-state index in [2.05, 4.69) is 9.80 Å². The largest absolute Gasteiger partial charge is 0.507 e. The minimum absolute atomic E-state index is 0.129. The van der Waals surface area contributed by atoms with Crippen molar-refractivity contribution in [2.45, 2.75) is 12.1 Å². The molecule has 0 amide bonds. The Morgan fingerprint density at radius 1 is 0.545 bits per heavy atom. The molecule has 228 valence electrons. The van der Waals surface area contributed by atoms with E-state index in [-0.39, 0.29) is 37.2 Å². The zero-order valence-corrected chi connectivity index (χ0v) is 24.6. The number of ether oxygens (including phenoxy) is 6. The number of hydrogen-bond acceptors (Lipinski definition) is 10. The summed E-state index contributed by atoms with van der Waals surface area (Å²) in [4.78, 5) is 4.72. The number of hydrogen-bond donors (Lipinski definition) is 2. The Kier molecular flexibility index (Phi) is 7.45. The van der Waals surface area contributed by atoms with Crippen molar-refractivity contribution in [3.05, 3.63) is 95.1 Å². The van der Waals surface area contributed by atoms with Gasteiger partial charge in [0.15, 0.2) is 23.0 Å². The van der Waals surface area contributed by atoms with Crippen LogP contribution >= 0.6 is 0 Å². The molecule has 0 unspecified atom stereocenters. The number of phenolic OH excluding ortho intramolecular Hbond substituents is 2. The Hall–Kier alpha value is -4.80. The van der Waals surface area contributed by atoms with E-state index >= 15 is 0 Å². The van der Waals surface area contributed by atoms with Crippen LogP contribution in [0.1, 0.15) is 34.3 Å². The predicted octanol–water partition coefficient (Wildman–Crippen LogP) is 5.07. The van der Waals surface area contributed by atoms with Crippen LogP contribution in [0.2, 0.25) is 0 Å². The maximum Gasteiger partial charge on any atom is 0.231 e. The molecule has 4 aromatic carbocycles. The first-order chi connectivity index (χ1) is 21.5. The number of aromatic hydroxyl groups is 2. The van der Waals surface area contributed by atoms with Gasteiger partial charge < -0.3 is 38.6 Å². The molecule has 44 heavy (non-hydrogen) atoms. The Morgan fingerprint density at radius 3 is 1.23 bits per heavy atom. The summed E-state index contributed by atoms with van der Waals surface area (Å²) in [6.07, 6.45) is 0. The highest BCUT2D eigenvalue weighted by Gasteiger charge is 2.34. The minimum Gasteiger partial charge on any atom is -0.507 e. The van der Waals surface area contributed by atoms with Gasteiger partial charge in [-0.15, -0.1) is 0 Å². The molecule has 10 nitrogen and oxygen atoms in total.